The van der Waals surface area contributed by atoms with Crippen molar-refractivity contribution in [1.82, 2.24) is 9.80 Å². The summed E-state index contributed by atoms with van der Waals surface area (Å²) in [7, 11) is 0. The van der Waals surface area contributed by atoms with Crippen molar-refractivity contribution in [2.75, 3.05) is 26.2 Å². The Hall–Kier alpha value is -2.17. The van der Waals surface area contributed by atoms with Gasteiger partial charge in [-0.1, -0.05) is 48.0 Å². The summed E-state index contributed by atoms with van der Waals surface area (Å²) in [5.74, 6) is 0.729. The first-order chi connectivity index (χ1) is 15.2. The number of carbonyl (C=O) groups excluding carboxylic acids is 1. The minimum Gasteiger partial charge on any atom is -0.338 e. The number of nitrogens with zero attached hydrogens (tertiary/aromatic N) is 2. The van der Waals surface area contributed by atoms with Crippen LogP contribution in [0.25, 0.3) is 10.1 Å². The monoisotopic (exact) mass is 432 g/mol. The van der Waals surface area contributed by atoms with Crippen molar-refractivity contribution >= 4 is 27.3 Å². The quantitative estimate of drug-likeness (QED) is 0.522. The Kier molecular flexibility index (Phi) is 6.10. The molecule has 2 aromatic carbocycles. The summed E-state index contributed by atoms with van der Waals surface area (Å²) in [6.07, 6.45) is 5.35. The maximum Gasteiger partial charge on any atom is 0.227 e. The number of benzene rings is 2. The molecule has 4 heteroatoms. The van der Waals surface area contributed by atoms with Gasteiger partial charge >= 0.3 is 0 Å². The highest BCUT2D eigenvalue weighted by molar-refractivity contribution is 7.17. The van der Waals surface area contributed by atoms with Crippen LogP contribution in [0.15, 0.2) is 53.9 Å². The summed E-state index contributed by atoms with van der Waals surface area (Å²) in [6.45, 7) is 6.38. The van der Waals surface area contributed by atoms with Gasteiger partial charge in [0.25, 0.3) is 0 Å². The van der Waals surface area contributed by atoms with Crippen molar-refractivity contribution in [2.45, 2.75) is 51.0 Å². The van der Waals surface area contributed by atoms with Gasteiger partial charge in [0.1, 0.15) is 0 Å². The summed E-state index contributed by atoms with van der Waals surface area (Å²) in [5, 5.41) is 3.45. The third-order valence-electron chi connectivity index (χ3n) is 7.12. The zero-order valence-electron chi connectivity index (χ0n) is 18.4. The molecule has 3 heterocycles. The number of rotatable bonds is 5. The molecule has 162 valence electrons. The van der Waals surface area contributed by atoms with E-state index in [1.807, 2.05) is 0 Å². The Morgan fingerprint density at radius 3 is 2.65 bits per heavy atom. The molecule has 31 heavy (non-hydrogen) atoms. The van der Waals surface area contributed by atoms with Gasteiger partial charge < -0.3 is 9.80 Å². The number of piperidine rings is 1. The highest BCUT2D eigenvalue weighted by atomic mass is 32.1. The molecule has 0 saturated carbocycles. The lowest BCUT2D eigenvalue weighted by Gasteiger charge is -2.43. The second-order valence-electron chi connectivity index (χ2n) is 9.26. The van der Waals surface area contributed by atoms with Gasteiger partial charge in [-0.3, -0.25) is 4.79 Å². The molecule has 0 aliphatic carbocycles. The molecule has 1 amide bonds. The largest absolute Gasteiger partial charge is 0.338 e. The third-order valence-corrected chi connectivity index (χ3v) is 8.13. The van der Waals surface area contributed by atoms with Crippen LogP contribution in [-0.4, -0.2) is 47.9 Å². The van der Waals surface area contributed by atoms with Gasteiger partial charge in [0.15, 0.2) is 0 Å². The number of hydrogen-bond donors (Lipinski definition) is 0. The van der Waals surface area contributed by atoms with E-state index in [4.69, 9.17) is 0 Å². The number of thiophene rings is 1. The van der Waals surface area contributed by atoms with Crippen molar-refractivity contribution in [1.29, 1.82) is 0 Å². The van der Waals surface area contributed by atoms with Crippen molar-refractivity contribution < 1.29 is 4.79 Å². The summed E-state index contributed by atoms with van der Waals surface area (Å²) in [4.78, 5) is 18.5. The maximum atomic E-state index is 13.7. The van der Waals surface area contributed by atoms with Gasteiger partial charge in [0.05, 0.1) is 12.5 Å². The second kappa shape index (κ2) is 9.13. The number of fused-ring (bicyclic) bond motifs is 1. The molecule has 1 aromatic heterocycles. The Balaban J connectivity index is 1.41. The van der Waals surface area contributed by atoms with Crippen LogP contribution in [0.1, 0.15) is 48.3 Å². The van der Waals surface area contributed by atoms with E-state index < -0.39 is 0 Å². The standard InChI is InChI=1S/C27H32N2OS/c1-20-11-12-26-24(16-20)22(19-31-26)17-27(30)29-15-7-10-23(21-8-3-2-4-9-21)25(29)18-28-13-5-6-14-28/h2-4,8-9,11-12,16,19,23,25H,5-7,10,13-15,17-18H2,1H3/t23-,25+/m1/s1. The van der Waals surface area contributed by atoms with Crippen LogP contribution in [0.3, 0.4) is 0 Å². The third kappa shape index (κ3) is 4.42. The Morgan fingerprint density at radius 1 is 1.03 bits per heavy atom. The van der Waals surface area contributed by atoms with E-state index in [1.165, 1.54) is 59.1 Å². The van der Waals surface area contributed by atoms with Gasteiger partial charge in [0.2, 0.25) is 5.91 Å². The van der Waals surface area contributed by atoms with E-state index in [0.717, 1.165) is 19.5 Å². The van der Waals surface area contributed by atoms with E-state index in [-0.39, 0.29) is 6.04 Å². The smallest absolute Gasteiger partial charge is 0.227 e. The van der Waals surface area contributed by atoms with Gasteiger partial charge in [-0.15, -0.1) is 11.3 Å². The van der Waals surface area contributed by atoms with Crippen LogP contribution in [0.2, 0.25) is 0 Å². The van der Waals surface area contributed by atoms with Crippen LogP contribution in [0.4, 0.5) is 0 Å². The highest BCUT2D eigenvalue weighted by Crippen LogP contribution is 2.35. The number of carbonyl (C=O) groups is 1. The van der Waals surface area contributed by atoms with Gasteiger partial charge in [-0.05, 0) is 73.7 Å². The first kappa shape index (κ1) is 20.7. The van der Waals surface area contributed by atoms with Gasteiger partial charge in [0, 0.05) is 23.7 Å². The molecule has 3 aromatic rings. The first-order valence-electron chi connectivity index (χ1n) is 11.7. The van der Waals surface area contributed by atoms with Crippen LogP contribution >= 0.6 is 11.3 Å². The van der Waals surface area contributed by atoms with Crippen molar-refractivity contribution in [3.05, 3.63) is 70.6 Å². The molecule has 2 aliphatic rings. The van der Waals surface area contributed by atoms with Crippen LogP contribution < -0.4 is 0 Å². The zero-order valence-corrected chi connectivity index (χ0v) is 19.2. The van der Waals surface area contributed by atoms with Crippen LogP contribution in [-0.2, 0) is 11.2 Å². The SMILES string of the molecule is Cc1ccc2scc(CC(=O)N3CCC[C@H](c4ccccc4)[C@@H]3CN3CCCC3)c2c1. The van der Waals surface area contributed by atoms with Crippen molar-refractivity contribution in [3.8, 4) is 0 Å². The average Bonchev–Trinajstić information content (AvgIpc) is 3.44. The molecular weight excluding hydrogens is 400 g/mol. The lowest BCUT2D eigenvalue weighted by molar-refractivity contribution is -0.135. The Morgan fingerprint density at radius 2 is 1.84 bits per heavy atom. The predicted octanol–water partition coefficient (Wildman–Crippen LogP) is 5.62. The van der Waals surface area contributed by atoms with E-state index in [1.54, 1.807) is 11.3 Å². The Bertz CT molecular complexity index is 1040. The normalized spacial score (nSPS) is 22.3. The van der Waals surface area contributed by atoms with E-state index in [0.29, 0.717) is 18.2 Å². The maximum absolute atomic E-state index is 13.7. The molecule has 2 fully saturated rings. The van der Waals surface area contributed by atoms with Crippen molar-refractivity contribution in [2.24, 2.45) is 0 Å². The van der Waals surface area contributed by atoms with Crippen LogP contribution in [0, 0.1) is 6.92 Å². The molecule has 0 N–H and O–H groups in total. The summed E-state index contributed by atoms with van der Waals surface area (Å²) < 4.78 is 1.28. The Labute approximate surface area is 189 Å². The number of likely N-dealkylation sites (tertiary alicyclic amines) is 2. The molecule has 3 nitrogen and oxygen atoms in total. The summed E-state index contributed by atoms with van der Waals surface area (Å²) in [5.41, 5.74) is 3.84. The fourth-order valence-corrected chi connectivity index (χ4v) is 6.45. The predicted molar refractivity (Wildman–Crippen MR) is 130 cm³/mol. The minimum atomic E-state index is 0.272. The fraction of sp³-hybridized carbons (Fsp3) is 0.444. The van der Waals surface area contributed by atoms with E-state index in [9.17, 15) is 4.79 Å². The topological polar surface area (TPSA) is 23.6 Å². The summed E-state index contributed by atoms with van der Waals surface area (Å²) >= 11 is 1.76. The molecule has 0 spiro atoms. The average molecular weight is 433 g/mol. The fourth-order valence-electron chi connectivity index (χ4n) is 5.51. The van der Waals surface area contributed by atoms with Gasteiger partial charge in [-0.2, -0.15) is 0 Å². The van der Waals surface area contributed by atoms with Crippen molar-refractivity contribution in [3.63, 3.8) is 0 Å². The van der Waals surface area contributed by atoms with Crippen LogP contribution in [0.5, 0.6) is 0 Å². The lowest BCUT2D eigenvalue weighted by Crippen LogP contribution is -2.52. The highest BCUT2D eigenvalue weighted by Gasteiger charge is 2.36. The molecule has 2 aliphatic heterocycles. The molecule has 5 rings (SSSR count). The molecule has 2 saturated heterocycles. The minimum absolute atomic E-state index is 0.272. The first-order valence-corrected chi connectivity index (χ1v) is 12.6. The second-order valence-corrected chi connectivity index (χ2v) is 10.2. The molecule has 2 atom stereocenters. The number of aryl methyl sites for hydroxylation is 1. The van der Waals surface area contributed by atoms with Gasteiger partial charge in [-0.25, -0.2) is 0 Å². The zero-order chi connectivity index (χ0) is 21.2. The number of hydrogen-bond acceptors (Lipinski definition) is 3. The van der Waals surface area contributed by atoms with E-state index in [2.05, 4.69) is 70.6 Å². The van der Waals surface area contributed by atoms with E-state index >= 15 is 0 Å². The molecular formula is C27H32N2OS. The number of amides is 1. The molecule has 0 radical (unpaired) electrons. The molecule has 0 bridgehead atoms. The molecule has 0 unspecified atom stereocenters. The lowest BCUT2D eigenvalue weighted by atomic mass is 9.82. The summed E-state index contributed by atoms with van der Waals surface area (Å²) in [6, 6.07) is 17.7.